The summed E-state index contributed by atoms with van der Waals surface area (Å²) >= 11 is 3.36. The molecule has 0 amide bonds. The van der Waals surface area contributed by atoms with Crippen molar-refractivity contribution in [2.45, 2.75) is 39.4 Å². The molecule has 0 aliphatic carbocycles. The quantitative estimate of drug-likeness (QED) is 0.876. The number of benzene rings is 1. The van der Waals surface area contributed by atoms with E-state index in [0.717, 1.165) is 4.47 Å². The van der Waals surface area contributed by atoms with E-state index < -0.39 is 11.7 Å². The zero-order valence-electron chi connectivity index (χ0n) is 11.3. The average Bonchev–Trinajstić information content (AvgIpc) is 2.27. The van der Waals surface area contributed by atoms with E-state index in [9.17, 15) is 10.2 Å². The monoisotopic (exact) mass is 316 g/mol. The first-order valence-corrected chi connectivity index (χ1v) is 6.86. The molecule has 0 radical (unpaired) electrons. The van der Waals surface area contributed by atoms with Gasteiger partial charge in [-0.3, -0.25) is 0 Å². The first-order chi connectivity index (χ1) is 8.24. The van der Waals surface area contributed by atoms with Crippen LogP contribution in [0.5, 0.6) is 5.75 Å². The summed E-state index contributed by atoms with van der Waals surface area (Å²) in [6.07, 6.45) is -0.610. The molecule has 0 aliphatic heterocycles. The van der Waals surface area contributed by atoms with Gasteiger partial charge in [-0.2, -0.15) is 0 Å². The van der Waals surface area contributed by atoms with Gasteiger partial charge in [0.05, 0.1) is 11.7 Å². The Balaban J connectivity index is 2.85. The molecule has 0 saturated heterocycles. The Labute approximate surface area is 117 Å². The third-order valence-electron chi connectivity index (χ3n) is 3.19. The first-order valence-electron chi connectivity index (χ1n) is 6.06. The molecule has 1 rings (SSSR count). The van der Waals surface area contributed by atoms with Gasteiger partial charge in [-0.25, -0.2) is 0 Å². The normalized spacial score (nSPS) is 16.4. The van der Waals surface area contributed by atoms with E-state index >= 15 is 0 Å². The minimum Gasteiger partial charge on any atom is -0.490 e. The number of ether oxygens (including phenoxy) is 1. The number of hydrogen-bond acceptors (Lipinski definition) is 3. The lowest BCUT2D eigenvalue weighted by molar-refractivity contribution is -0.0273. The summed E-state index contributed by atoms with van der Waals surface area (Å²) in [5, 5.41) is 19.8. The van der Waals surface area contributed by atoms with Crippen LogP contribution in [0.15, 0.2) is 22.7 Å². The lowest BCUT2D eigenvalue weighted by atomic mass is 9.94. The fourth-order valence-electron chi connectivity index (χ4n) is 1.37. The Bertz CT molecular complexity index is 400. The zero-order chi connectivity index (χ0) is 13.9. The van der Waals surface area contributed by atoms with E-state index in [-0.39, 0.29) is 12.5 Å². The molecule has 1 unspecified atom stereocenters. The molecule has 3 nitrogen and oxygen atoms in total. The summed E-state index contributed by atoms with van der Waals surface area (Å²) in [6, 6.07) is 5.47. The van der Waals surface area contributed by atoms with Crippen molar-refractivity contribution in [1.29, 1.82) is 0 Å². The lowest BCUT2D eigenvalue weighted by Crippen LogP contribution is -2.38. The molecule has 0 saturated carbocycles. The molecule has 1 aromatic carbocycles. The fourth-order valence-corrected chi connectivity index (χ4v) is 1.75. The van der Waals surface area contributed by atoms with Gasteiger partial charge in [0.15, 0.2) is 0 Å². The van der Waals surface area contributed by atoms with Crippen molar-refractivity contribution in [2.24, 2.45) is 5.92 Å². The highest BCUT2D eigenvalue weighted by Gasteiger charge is 2.26. The Morgan fingerprint density at radius 1 is 1.33 bits per heavy atom. The highest BCUT2D eigenvalue weighted by Crippen LogP contribution is 2.29. The van der Waals surface area contributed by atoms with Gasteiger partial charge < -0.3 is 14.9 Å². The summed E-state index contributed by atoms with van der Waals surface area (Å²) in [6.45, 7) is 7.53. The Kier molecular flexibility index (Phi) is 5.20. The van der Waals surface area contributed by atoms with Crippen molar-refractivity contribution in [3.8, 4) is 5.75 Å². The van der Waals surface area contributed by atoms with Gasteiger partial charge >= 0.3 is 0 Å². The summed E-state index contributed by atoms with van der Waals surface area (Å²) in [7, 11) is 0. The zero-order valence-corrected chi connectivity index (χ0v) is 12.9. The Hall–Kier alpha value is -0.580. The van der Waals surface area contributed by atoms with Crippen LogP contribution in [0.2, 0.25) is 0 Å². The molecular formula is C14H21BrO3. The van der Waals surface area contributed by atoms with Crippen molar-refractivity contribution in [3.05, 3.63) is 28.2 Å². The summed E-state index contributed by atoms with van der Waals surface area (Å²) in [5.74, 6) is 0.706. The topological polar surface area (TPSA) is 49.7 Å². The van der Waals surface area contributed by atoms with Gasteiger partial charge in [-0.15, -0.1) is 0 Å². The number of halogens is 1. The third-order valence-corrected chi connectivity index (χ3v) is 3.68. The van der Waals surface area contributed by atoms with Crippen molar-refractivity contribution in [1.82, 2.24) is 0 Å². The van der Waals surface area contributed by atoms with Gasteiger partial charge in [0.1, 0.15) is 12.4 Å². The van der Waals surface area contributed by atoms with Crippen LogP contribution in [0.1, 0.15) is 39.4 Å². The predicted octanol–water partition coefficient (Wildman–Crippen LogP) is 3.29. The molecule has 4 heteroatoms. The molecule has 0 spiro atoms. The summed E-state index contributed by atoms with van der Waals surface area (Å²) in [4.78, 5) is 0. The molecule has 0 heterocycles. The van der Waals surface area contributed by atoms with Crippen LogP contribution in [0, 0.1) is 5.92 Å². The lowest BCUT2D eigenvalue weighted by Gasteiger charge is -2.28. The molecule has 0 aromatic heterocycles. The molecule has 18 heavy (non-hydrogen) atoms. The number of hydrogen-bond donors (Lipinski definition) is 2. The summed E-state index contributed by atoms with van der Waals surface area (Å²) < 4.78 is 6.54. The minimum absolute atomic E-state index is 0.1000. The molecule has 1 aromatic rings. The van der Waals surface area contributed by atoms with Crippen LogP contribution in [-0.2, 0) is 0 Å². The van der Waals surface area contributed by atoms with Crippen molar-refractivity contribution in [2.75, 3.05) is 6.61 Å². The maximum absolute atomic E-state index is 10.1. The molecular weight excluding hydrogens is 296 g/mol. The van der Waals surface area contributed by atoms with Crippen molar-refractivity contribution in [3.63, 3.8) is 0 Å². The number of aliphatic hydroxyl groups excluding tert-OH is 1. The van der Waals surface area contributed by atoms with Gasteiger partial charge in [0.2, 0.25) is 0 Å². The average molecular weight is 317 g/mol. The van der Waals surface area contributed by atoms with E-state index in [4.69, 9.17) is 4.74 Å². The van der Waals surface area contributed by atoms with Crippen molar-refractivity contribution < 1.29 is 14.9 Å². The summed E-state index contributed by atoms with van der Waals surface area (Å²) in [5.41, 5.74) is -0.174. The Morgan fingerprint density at radius 2 is 1.94 bits per heavy atom. The van der Waals surface area contributed by atoms with Gasteiger partial charge in [-0.05, 0) is 38.0 Å². The second-order valence-corrected chi connectivity index (χ2v) is 6.07. The molecule has 0 bridgehead atoms. The highest BCUT2D eigenvalue weighted by molar-refractivity contribution is 9.10. The van der Waals surface area contributed by atoms with Gasteiger partial charge in [-0.1, -0.05) is 29.8 Å². The maximum Gasteiger partial charge on any atom is 0.125 e. The van der Waals surface area contributed by atoms with Crippen LogP contribution >= 0.6 is 15.9 Å². The number of aliphatic hydroxyl groups is 2. The molecule has 102 valence electrons. The van der Waals surface area contributed by atoms with E-state index in [0.29, 0.717) is 11.3 Å². The van der Waals surface area contributed by atoms with E-state index in [1.54, 1.807) is 19.9 Å². The smallest absolute Gasteiger partial charge is 0.125 e. The third kappa shape index (κ3) is 3.97. The molecule has 2 atom stereocenters. The Morgan fingerprint density at radius 3 is 2.44 bits per heavy atom. The van der Waals surface area contributed by atoms with Crippen molar-refractivity contribution >= 4 is 15.9 Å². The molecule has 2 N–H and O–H groups in total. The fraction of sp³-hybridized carbons (Fsp3) is 0.571. The number of rotatable bonds is 5. The van der Waals surface area contributed by atoms with Crippen LogP contribution < -0.4 is 4.74 Å². The second kappa shape index (κ2) is 6.04. The largest absolute Gasteiger partial charge is 0.490 e. The predicted molar refractivity (Wildman–Crippen MR) is 75.7 cm³/mol. The standard InChI is InChI=1S/C14H21BrO3/c1-9(2)14(4,17)8-18-13-6-5-11(15)7-12(13)10(3)16/h5-7,9-10,16-17H,8H2,1-4H3/t10-,14?/m1/s1. The highest BCUT2D eigenvalue weighted by atomic mass is 79.9. The van der Waals surface area contributed by atoms with E-state index in [2.05, 4.69) is 15.9 Å². The maximum atomic E-state index is 10.1. The van der Waals surface area contributed by atoms with Crippen LogP contribution in [0.3, 0.4) is 0 Å². The molecule has 0 aliphatic rings. The van der Waals surface area contributed by atoms with Gasteiger partial charge in [0, 0.05) is 10.0 Å². The van der Waals surface area contributed by atoms with E-state index in [1.807, 2.05) is 26.0 Å². The van der Waals surface area contributed by atoms with Crippen LogP contribution in [0.25, 0.3) is 0 Å². The molecule has 0 fully saturated rings. The minimum atomic E-state index is -0.886. The van der Waals surface area contributed by atoms with Crippen LogP contribution in [-0.4, -0.2) is 22.4 Å². The van der Waals surface area contributed by atoms with Gasteiger partial charge in [0.25, 0.3) is 0 Å². The van der Waals surface area contributed by atoms with E-state index in [1.165, 1.54) is 0 Å². The first kappa shape index (κ1) is 15.5. The second-order valence-electron chi connectivity index (χ2n) is 5.16. The SMILES string of the molecule is CC(C)C(C)(O)COc1ccc(Br)cc1[C@@H](C)O. The van der Waals surface area contributed by atoms with Crippen LogP contribution in [0.4, 0.5) is 0 Å².